The van der Waals surface area contributed by atoms with Gasteiger partial charge in [0.15, 0.2) is 6.10 Å². The molecule has 1 atom stereocenters. The summed E-state index contributed by atoms with van der Waals surface area (Å²) < 4.78 is 17.2. The Labute approximate surface area is 359 Å². The number of esters is 2. The predicted molar refractivity (Wildman–Crippen MR) is 251 cm³/mol. The first-order valence-electron chi connectivity index (χ1n) is 24.1. The lowest BCUT2D eigenvalue weighted by Gasteiger charge is -2.18. The Balaban J connectivity index is 4.19. The number of hydrogen-bond donors (Lipinski definition) is 0. The normalized spacial score (nSPS) is 12.9. The highest BCUT2D eigenvalue weighted by molar-refractivity contribution is 5.70. The van der Waals surface area contributed by atoms with Crippen LogP contribution in [0.25, 0.3) is 0 Å². The Morgan fingerprint density at radius 2 is 0.776 bits per heavy atom. The molecule has 332 valence electrons. The summed E-state index contributed by atoms with van der Waals surface area (Å²) in [5, 5.41) is 0. The molecule has 0 saturated carbocycles. The van der Waals surface area contributed by atoms with E-state index in [1.54, 1.807) is 0 Å². The molecular formula is C53H90O5. The largest absolute Gasteiger partial charge is 0.462 e. The van der Waals surface area contributed by atoms with E-state index in [1.807, 2.05) is 0 Å². The molecule has 0 aromatic rings. The van der Waals surface area contributed by atoms with Crippen LogP contribution in [-0.4, -0.2) is 37.9 Å². The van der Waals surface area contributed by atoms with E-state index in [0.29, 0.717) is 19.4 Å². The zero-order valence-electron chi connectivity index (χ0n) is 38.0. The van der Waals surface area contributed by atoms with Crippen molar-refractivity contribution in [3.63, 3.8) is 0 Å². The number of allylic oxidation sites excluding steroid dienone is 14. The van der Waals surface area contributed by atoms with Crippen molar-refractivity contribution < 1.29 is 23.8 Å². The maximum Gasteiger partial charge on any atom is 0.306 e. The molecule has 0 saturated heterocycles. The van der Waals surface area contributed by atoms with Gasteiger partial charge in [-0.3, -0.25) is 9.59 Å². The molecule has 0 radical (unpaired) electrons. The molecule has 0 bridgehead atoms. The number of hydrogen-bond acceptors (Lipinski definition) is 5. The molecule has 58 heavy (non-hydrogen) atoms. The maximum absolute atomic E-state index is 12.7. The molecule has 1 unspecified atom stereocenters. The third kappa shape index (κ3) is 45.8. The van der Waals surface area contributed by atoms with Gasteiger partial charge >= 0.3 is 11.9 Å². The molecule has 5 nitrogen and oxygen atoms in total. The first-order chi connectivity index (χ1) is 28.6. The van der Waals surface area contributed by atoms with Crippen molar-refractivity contribution in [3.8, 4) is 0 Å². The van der Waals surface area contributed by atoms with E-state index in [1.165, 1.54) is 83.5 Å². The third-order valence-corrected chi connectivity index (χ3v) is 9.92. The van der Waals surface area contributed by atoms with Crippen molar-refractivity contribution in [1.29, 1.82) is 0 Å². The highest BCUT2D eigenvalue weighted by atomic mass is 16.6. The Kier molecular flexibility index (Phi) is 46.0. The quantitative estimate of drug-likeness (QED) is 0.0349. The smallest absolute Gasteiger partial charge is 0.306 e. The van der Waals surface area contributed by atoms with Crippen molar-refractivity contribution in [2.75, 3.05) is 19.8 Å². The van der Waals surface area contributed by atoms with Gasteiger partial charge in [-0.1, -0.05) is 189 Å². The van der Waals surface area contributed by atoms with Crippen LogP contribution < -0.4 is 0 Å². The number of ether oxygens (including phenoxy) is 3. The van der Waals surface area contributed by atoms with Gasteiger partial charge in [0.25, 0.3) is 0 Å². The van der Waals surface area contributed by atoms with E-state index < -0.39 is 6.10 Å². The van der Waals surface area contributed by atoms with Crippen LogP contribution >= 0.6 is 0 Å². The molecule has 0 aliphatic heterocycles. The van der Waals surface area contributed by atoms with Crippen LogP contribution in [0, 0.1) is 0 Å². The van der Waals surface area contributed by atoms with Crippen molar-refractivity contribution in [2.24, 2.45) is 0 Å². The minimum absolute atomic E-state index is 0.0616. The molecular weight excluding hydrogens is 717 g/mol. The molecule has 0 aromatic carbocycles. The molecule has 0 aliphatic carbocycles. The minimum atomic E-state index is -0.553. The number of unbranched alkanes of at least 4 members (excludes halogenated alkanes) is 18. The van der Waals surface area contributed by atoms with Gasteiger partial charge in [0, 0.05) is 19.4 Å². The standard InChI is InChI=1S/C53H90O5/c1-4-7-10-13-16-18-20-22-24-26-27-29-30-32-34-36-38-40-43-46-52(54)57-50-51(49-56-48-45-42-15-12-9-6-3)58-53(55)47-44-41-39-37-35-33-31-28-25-23-21-19-17-14-11-8-5-2/h7,10,16-19,22-25,27,29,32,34,51H,4-6,8-9,11-15,20-21,26,28,30-31,33,35-50H2,1-3H3/b10-7-,18-16-,19-17-,24-22-,25-23-,29-27-,34-32-. The minimum Gasteiger partial charge on any atom is -0.462 e. The number of rotatable bonds is 43. The van der Waals surface area contributed by atoms with E-state index in [2.05, 4.69) is 106 Å². The maximum atomic E-state index is 12.7. The summed E-state index contributed by atoms with van der Waals surface area (Å²) >= 11 is 0. The van der Waals surface area contributed by atoms with Gasteiger partial charge in [-0.2, -0.15) is 0 Å². The van der Waals surface area contributed by atoms with Crippen LogP contribution in [0.15, 0.2) is 85.1 Å². The lowest BCUT2D eigenvalue weighted by molar-refractivity contribution is -0.163. The third-order valence-electron chi connectivity index (χ3n) is 9.92. The fourth-order valence-corrected chi connectivity index (χ4v) is 6.33. The Bertz CT molecular complexity index is 1090. The van der Waals surface area contributed by atoms with Crippen LogP contribution in [0.1, 0.15) is 213 Å². The average Bonchev–Trinajstić information content (AvgIpc) is 3.22. The van der Waals surface area contributed by atoms with Crippen LogP contribution in [0.5, 0.6) is 0 Å². The summed E-state index contributed by atoms with van der Waals surface area (Å²) in [4.78, 5) is 25.2. The van der Waals surface area contributed by atoms with Gasteiger partial charge in [0.05, 0.1) is 6.61 Å². The van der Waals surface area contributed by atoms with Gasteiger partial charge in [0.1, 0.15) is 6.61 Å². The lowest BCUT2D eigenvalue weighted by atomic mass is 10.1. The van der Waals surface area contributed by atoms with Crippen molar-refractivity contribution in [1.82, 2.24) is 0 Å². The highest BCUT2D eigenvalue weighted by Crippen LogP contribution is 2.13. The van der Waals surface area contributed by atoms with Crippen molar-refractivity contribution >= 4 is 11.9 Å². The summed E-state index contributed by atoms with van der Waals surface area (Å²) in [5.74, 6) is -0.449. The SMILES string of the molecule is CC/C=C\C/C=C\C/C=C\C/C=C\C/C=C\CCCCCC(=O)OCC(COCCCCCCCC)OC(=O)CCCCCCCCC/C=C\C/C=C\CCCCC. The second-order valence-electron chi connectivity index (χ2n) is 15.6. The number of carbonyl (C=O) groups is 2. The molecule has 0 aliphatic rings. The molecule has 0 aromatic heterocycles. The van der Waals surface area contributed by atoms with E-state index in [9.17, 15) is 9.59 Å². The molecule has 0 amide bonds. The predicted octanol–water partition coefficient (Wildman–Crippen LogP) is 16.1. The van der Waals surface area contributed by atoms with Gasteiger partial charge in [-0.05, 0) is 96.3 Å². The summed E-state index contributed by atoms with van der Waals surface area (Å²) in [7, 11) is 0. The Hall–Kier alpha value is -2.92. The lowest BCUT2D eigenvalue weighted by Crippen LogP contribution is -2.30. The van der Waals surface area contributed by atoms with Gasteiger partial charge in [0.2, 0.25) is 0 Å². The zero-order valence-corrected chi connectivity index (χ0v) is 38.0. The van der Waals surface area contributed by atoms with Gasteiger partial charge < -0.3 is 14.2 Å². The molecule has 0 fully saturated rings. The summed E-state index contributed by atoms with van der Waals surface area (Å²) in [6.07, 6.45) is 63.1. The van der Waals surface area contributed by atoms with Crippen molar-refractivity contribution in [2.45, 2.75) is 219 Å². The molecule has 0 rings (SSSR count). The van der Waals surface area contributed by atoms with Crippen molar-refractivity contribution in [3.05, 3.63) is 85.1 Å². The first-order valence-corrected chi connectivity index (χ1v) is 24.1. The van der Waals surface area contributed by atoms with Gasteiger partial charge in [-0.15, -0.1) is 0 Å². The summed E-state index contributed by atoms with van der Waals surface area (Å²) in [6.45, 7) is 7.60. The Morgan fingerprint density at radius 1 is 0.397 bits per heavy atom. The monoisotopic (exact) mass is 807 g/mol. The topological polar surface area (TPSA) is 61.8 Å². The molecule has 0 spiro atoms. The molecule has 0 heterocycles. The summed E-state index contributed by atoms with van der Waals surface area (Å²) in [6, 6.07) is 0. The second-order valence-corrected chi connectivity index (χ2v) is 15.6. The van der Waals surface area contributed by atoms with Crippen LogP contribution in [0.4, 0.5) is 0 Å². The zero-order chi connectivity index (χ0) is 42.1. The average molecular weight is 807 g/mol. The molecule has 5 heteroatoms. The fourth-order valence-electron chi connectivity index (χ4n) is 6.33. The van der Waals surface area contributed by atoms with Crippen LogP contribution in [0.2, 0.25) is 0 Å². The van der Waals surface area contributed by atoms with E-state index in [-0.39, 0.29) is 25.2 Å². The van der Waals surface area contributed by atoms with Crippen LogP contribution in [-0.2, 0) is 23.8 Å². The Morgan fingerprint density at radius 3 is 1.29 bits per heavy atom. The van der Waals surface area contributed by atoms with E-state index in [0.717, 1.165) is 96.3 Å². The first kappa shape index (κ1) is 55.1. The van der Waals surface area contributed by atoms with E-state index in [4.69, 9.17) is 14.2 Å². The fraction of sp³-hybridized carbons (Fsp3) is 0.698. The second kappa shape index (κ2) is 48.4. The molecule has 0 N–H and O–H groups in total. The van der Waals surface area contributed by atoms with E-state index >= 15 is 0 Å². The van der Waals surface area contributed by atoms with Gasteiger partial charge in [-0.25, -0.2) is 0 Å². The highest BCUT2D eigenvalue weighted by Gasteiger charge is 2.17. The summed E-state index contributed by atoms with van der Waals surface area (Å²) in [5.41, 5.74) is 0. The number of carbonyl (C=O) groups excluding carboxylic acids is 2. The van der Waals surface area contributed by atoms with Crippen LogP contribution in [0.3, 0.4) is 0 Å².